The van der Waals surface area contributed by atoms with E-state index in [-0.39, 0.29) is 15.7 Å². The lowest BCUT2D eigenvalue weighted by atomic mass is 10.0. The zero-order chi connectivity index (χ0) is 17.3. The van der Waals surface area contributed by atoms with Crippen LogP contribution in [0.1, 0.15) is 28.8 Å². The van der Waals surface area contributed by atoms with Gasteiger partial charge in [0.05, 0.1) is 11.1 Å². The Labute approximate surface area is 147 Å². The van der Waals surface area contributed by atoms with Gasteiger partial charge in [-0.05, 0) is 31.9 Å². The van der Waals surface area contributed by atoms with Gasteiger partial charge in [-0.2, -0.15) is 4.31 Å². The summed E-state index contributed by atoms with van der Waals surface area (Å²) in [7, 11) is -3.80. The number of halogens is 1. The lowest BCUT2D eigenvalue weighted by Crippen LogP contribution is -2.40. The summed E-state index contributed by atoms with van der Waals surface area (Å²) in [5, 5.41) is 0.172. The maximum atomic E-state index is 12.9. The van der Waals surface area contributed by atoms with Crippen LogP contribution in [-0.2, 0) is 10.0 Å². The van der Waals surface area contributed by atoms with E-state index < -0.39 is 16.1 Å². The van der Waals surface area contributed by atoms with Crippen molar-refractivity contribution in [3.05, 3.63) is 64.7 Å². The van der Waals surface area contributed by atoms with Crippen molar-refractivity contribution in [1.82, 2.24) is 4.31 Å². The Kier molecular flexibility index (Phi) is 4.76. The average Bonchev–Trinajstić information content (AvgIpc) is 3.05. The molecule has 2 aromatic carbocycles. The molecule has 3 rings (SSSR count). The lowest BCUT2D eigenvalue weighted by molar-refractivity contribution is 0.0918. The number of hydrogen-bond donors (Lipinski definition) is 0. The molecule has 1 saturated heterocycles. The summed E-state index contributed by atoms with van der Waals surface area (Å²) in [6, 6.07) is 12.9. The van der Waals surface area contributed by atoms with E-state index in [1.807, 2.05) is 19.1 Å². The quantitative estimate of drug-likeness (QED) is 0.778. The molecule has 0 saturated carbocycles. The van der Waals surface area contributed by atoms with Crippen LogP contribution in [0.5, 0.6) is 0 Å². The number of rotatable bonds is 4. The van der Waals surface area contributed by atoms with Crippen molar-refractivity contribution < 1.29 is 13.2 Å². The Morgan fingerprint density at radius 1 is 1.12 bits per heavy atom. The van der Waals surface area contributed by atoms with E-state index in [1.165, 1.54) is 10.4 Å². The maximum absolute atomic E-state index is 12.9. The topological polar surface area (TPSA) is 54.5 Å². The molecule has 0 radical (unpaired) electrons. The monoisotopic (exact) mass is 363 g/mol. The summed E-state index contributed by atoms with van der Waals surface area (Å²) in [6.07, 6.45) is 1.18. The third-order valence-corrected chi connectivity index (χ3v) is 6.67. The van der Waals surface area contributed by atoms with Crippen LogP contribution < -0.4 is 0 Å². The SMILES string of the molecule is Cc1ccc(C(=O)[C@@H]2CCCN2S(=O)(=O)c2ccccc2Cl)cc1. The third-order valence-electron chi connectivity index (χ3n) is 4.27. The van der Waals surface area contributed by atoms with Gasteiger partial charge in [0.15, 0.2) is 5.78 Å². The molecule has 1 atom stereocenters. The zero-order valence-electron chi connectivity index (χ0n) is 13.3. The largest absolute Gasteiger partial charge is 0.292 e. The molecule has 6 heteroatoms. The second-order valence-corrected chi connectivity index (χ2v) is 8.20. The van der Waals surface area contributed by atoms with E-state index in [4.69, 9.17) is 11.6 Å². The fourth-order valence-electron chi connectivity index (χ4n) is 2.98. The highest BCUT2D eigenvalue weighted by Gasteiger charge is 2.40. The van der Waals surface area contributed by atoms with E-state index in [2.05, 4.69) is 0 Å². The molecule has 2 aromatic rings. The molecular weight excluding hydrogens is 346 g/mol. The van der Waals surface area contributed by atoms with Gasteiger partial charge in [-0.25, -0.2) is 8.42 Å². The van der Waals surface area contributed by atoms with Gasteiger partial charge in [-0.1, -0.05) is 53.6 Å². The van der Waals surface area contributed by atoms with E-state index in [1.54, 1.807) is 30.3 Å². The number of carbonyl (C=O) groups excluding carboxylic acids is 1. The molecule has 1 aliphatic heterocycles. The summed E-state index contributed by atoms with van der Waals surface area (Å²) in [5.41, 5.74) is 1.59. The Morgan fingerprint density at radius 2 is 1.79 bits per heavy atom. The van der Waals surface area contributed by atoms with Crippen molar-refractivity contribution in [3.8, 4) is 0 Å². The normalized spacial score (nSPS) is 18.7. The van der Waals surface area contributed by atoms with Crippen molar-refractivity contribution >= 4 is 27.4 Å². The van der Waals surface area contributed by atoms with Gasteiger partial charge in [-0.15, -0.1) is 0 Å². The average molecular weight is 364 g/mol. The number of hydrogen-bond acceptors (Lipinski definition) is 3. The predicted octanol–water partition coefficient (Wildman–Crippen LogP) is 3.68. The Morgan fingerprint density at radius 3 is 2.46 bits per heavy atom. The Bertz CT molecular complexity index is 862. The van der Waals surface area contributed by atoms with Gasteiger partial charge in [0.1, 0.15) is 4.90 Å². The number of aryl methyl sites for hydroxylation is 1. The third kappa shape index (κ3) is 3.11. The summed E-state index contributed by atoms with van der Waals surface area (Å²) < 4.78 is 27.2. The van der Waals surface area contributed by atoms with Crippen LogP contribution in [0.25, 0.3) is 0 Å². The molecular formula is C18H18ClNO3S. The number of benzene rings is 2. The first kappa shape index (κ1) is 17.1. The summed E-state index contributed by atoms with van der Waals surface area (Å²) in [5.74, 6) is -0.164. The molecule has 1 heterocycles. The molecule has 0 aromatic heterocycles. The van der Waals surface area contributed by atoms with Crippen molar-refractivity contribution in [2.24, 2.45) is 0 Å². The summed E-state index contributed by atoms with van der Waals surface area (Å²) in [6.45, 7) is 2.27. The second kappa shape index (κ2) is 6.67. The van der Waals surface area contributed by atoms with Gasteiger partial charge < -0.3 is 0 Å². The first-order valence-corrected chi connectivity index (χ1v) is 9.60. The highest BCUT2D eigenvalue weighted by Crippen LogP contribution is 2.31. The van der Waals surface area contributed by atoms with Crippen molar-refractivity contribution in [2.45, 2.75) is 30.7 Å². The summed E-state index contributed by atoms with van der Waals surface area (Å²) >= 11 is 6.06. The Balaban J connectivity index is 1.94. The standard InChI is InChI=1S/C18H18ClNO3S/c1-13-8-10-14(11-9-13)18(21)16-6-4-12-20(16)24(22,23)17-7-3-2-5-15(17)19/h2-3,5,7-11,16H,4,6,12H2,1H3/t16-/m0/s1. The number of sulfonamides is 1. The van der Waals surface area contributed by atoms with Crippen LogP contribution in [-0.4, -0.2) is 31.1 Å². The van der Waals surface area contributed by atoms with Crippen molar-refractivity contribution in [3.63, 3.8) is 0 Å². The van der Waals surface area contributed by atoms with Gasteiger partial charge in [0, 0.05) is 12.1 Å². The van der Waals surface area contributed by atoms with Gasteiger partial charge in [0.2, 0.25) is 10.0 Å². The number of nitrogens with zero attached hydrogens (tertiary/aromatic N) is 1. The molecule has 0 spiro atoms. The zero-order valence-corrected chi connectivity index (χ0v) is 14.8. The van der Waals surface area contributed by atoms with Crippen molar-refractivity contribution in [1.29, 1.82) is 0 Å². The maximum Gasteiger partial charge on any atom is 0.245 e. The van der Waals surface area contributed by atoms with Gasteiger partial charge in [-0.3, -0.25) is 4.79 Å². The molecule has 24 heavy (non-hydrogen) atoms. The minimum Gasteiger partial charge on any atom is -0.292 e. The van der Waals surface area contributed by atoms with Gasteiger partial charge in [0.25, 0.3) is 0 Å². The fraction of sp³-hybridized carbons (Fsp3) is 0.278. The van der Waals surface area contributed by atoms with Crippen LogP contribution in [0.3, 0.4) is 0 Å². The first-order chi connectivity index (χ1) is 11.4. The van der Waals surface area contributed by atoms with Crippen LogP contribution in [0.2, 0.25) is 5.02 Å². The minimum atomic E-state index is -3.80. The Hall–Kier alpha value is -1.69. The number of carbonyl (C=O) groups is 1. The predicted molar refractivity (Wildman–Crippen MR) is 93.9 cm³/mol. The smallest absolute Gasteiger partial charge is 0.245 e. The highest BCUT2D eigenvalue weighted by molar-refractivity contribution is 7.89. The molecule has 0 unspecified atom stereocenters. The molecule has 1 aliphatic rings. The van der Waals surface area contributed by atoms with E-state index in [0.29, 0.717) is 24.9 Å². The van der Waals surface area contributed by atoms with Crippen LogP contribution in [0.4, 0.5) is 0 Å². The van der Waals surface area contributed by atoms with E-state index >= 15 is 0 Å². The molecule has 0 N–H and O–H groups in total. The van der Waals surface area contributed by atoms with Crippen molar-refractivity contribution in [2.75, 3.05) is 6.54 Å². The minimum absolute atomic E-state index is 0.0512. The molecule has 0 bridgehead atoms. The molecule has 4 nitrogen and oxygen atoms in total. The number of ketones is 1. The lowest BCUT2D eigenvalue weighted by Gasteiger charge is -2.23. The van der Waals surface area contributed by atoms with Crippen LogP contribution >= 0.6 is 11.6 Å². The number of Topliss-reactive ketones (excluding diaryl/α,β-unsaturated/α-hetero) is 1. The van der Waals surface area contributed by atoms with Crippen LogP contribution in [0, 0.1) is 6.92 Å². The highest BCUT2D eigenvalue weighted by atomic mass is 35.5. The van der Waals surface area contributed by atoms with E-state index in [9.17, 15) is 13.2 Å². The van der Waals surface area contributed by atoms with Gasteiger partial charge >= 0.3 is 0 Å². The van der Waals surface area contributed by atoms with Crippen LogP contribution in [0.15, 0.2) is 53.4 Å². The molecule has 0 amide bonds. The molecule has 0 aliphatic carbocycles. The second-order valence-electron chi connectivity index (χ2n) is 5.93. The molecule has 1 fully saturated rings. The van der Waals surface area contributed by atoms with E-state index in [0.717, 1.165) is 5.56 Å². The molecule has 126 valence electrons. The summed E-state index contributed by atoms with van der Waals surface area (Å²) in [4.78, 5) is 12.8. The first-order valence-electron chi connectivity index (χ1n) is 7.78. The fourth-order valence-corrected chi connectivity index (χ4v) is 5.13.